The maximum Gasteiger partial charge on any atom is 0.191 e. The summed E-state index contributed by atoms with van der Waals surface area (Å²) in [4.78, 5) is 6.89. The lowest BCUT2D eigenvalue weighted by Gasteiger charge is -2.34. The molecule has 1 aromatic heterocycles. The molecule has 0 aromatic carbocycles. The van der Waals surface area contributed by atoms with Gasteiger partial charge in [0.05, 0.1) is 31.1 Å². The molecule has 1 saturated heterocycles. The van der Waals surface area contributed by atoms with E-state index in [0.717, 1.165) is 44.1 Å². The lowest BCUT2D eigenvalue weighted by Crippen LogP contribution is -2.51. The fourth-order valence-corrected chi connectivity index (χ4v) is 3.10. The molecule has 0 spiro atoms. The third-order valence-electron chi connectivity index (χ3n) is 4.38. The van der Waals surface area contributed by atoms with Crippen molar-refractivity contribution in [2.45, 2.75) is 45.8 Å². The Balaban J connectivity index is 1.84. The summed E-state index contributed by atoms with van der Waals surface area (Å²) in [6.45, 7) is 10.3. The number of ether oxygens (including phenoxy) is 1. The molecule has 1 aliphatic heterocycles. The van der Waals surface area contributed by atoms with Crippen LogP contribution in [-0.2, 0) is 11.8 Å². The van der Waals surface area contributed by atoms with Crippen molar-refractivity contribution in [3.05, 3.63) is 12.4 Å². The van der Waals surface area contributed by atoms with Gasteiger partial charge in [0, 0.05) is 45.5 Å². The molecule has 2 unspecified atom stereocenters. The fraction of sp³-hybridized carbons (Fsp3) is 0.789. The number of anilines is 1. The zero-order chi connectivity index (χ0) is 19.6. The molecule has 3 N–H and O–H groups in total. The molecule has 0 amide bonds. The minimum atomic E-state index is -0.586. The summed E-state index contributed by atoms with van der Waals surface area (Å²) in [6, 6.07) is 0.311. The highest BCUT2D eigenvalue weighted by molar-refractivity contribution is 5.80. The van der Waals surface area contributed by atoms with Crippen LogP contribution < -0.4 is 15.5 Å². The Kier molecular flexibility index (Phi) is 8.87. The van der Waals surface area contributed by atoms with E-state index in [2.05, 4.69) is 45.7 Å². The summed E-state index contributed by atoms with van der Waals surface area (Å²) in [7, 11) is 1.94. The van der Waals surface area contributed by atoms with Gasteiger partial charge in [-0.25, -0.2) is 0 Å². The van der Waals surface area contributed by atoms with E-state index in [4.69, 9.17) is 4.74 Å². The molecule has 0 aliphatic carbocycles. The van der Waals surface area contributed by atoms with E-state index < -0.39 is 6.10 Å². The first-order valence-electron chi connectivity index (χ1n) is 10.0. The van der Waals surface area contributed by atoms with Gasteiger partial charge in [0.25, 0.3) is 0 Å². The van der Waals surface area contributed by atoms with Crippen LogP contribution in [0.25, 0.3) is 0 Å². The molecule has 0 bridgehead atoms. The number of aliphatic hydroxyl groups is 1. The Morgan fingerprint density at radius 1 is 1.44 bits per heavy atom. The third kappa shape index (κ3) is 7.76. The zero-order valence-corrected chi connectivity index (χ0v) is 17.2. The number of aromatic nitrogens is 2. The Hall–Kier alpha value is -1.80. The van der Waals surface area contributed by atoms with Crippen molar-refractivity contribution in [3.63, 3.8) is 0 Å². The second-order valence-electron chi connectivity index (χ2n) is 7.61. The molecule has 27 heavy (non-hydrogen) atoms. The SMILES string of the molecule is CCNC(=NCC(O)COCC(C)C)NC1CCCN(c2cnn(C)c2)C1. The topological polar surface area (TPSA) is 86.9 Å². The van der Waals surface area contributed by atoms with Gasteiger partial charge in [0.2, 0.25) is 0 Å². The Morgan fingerprint density at radius 3 is 2.93 bits per heavy atom. The standard InChI is InChI=1S/C19H36N6O2/c1-5-20-19(21-10-18(26)14-27-13-15(2)3)23-16-7-6-8-25(11-16)17-9-22-24(4)12-17/h9,12,15-16,18,26H,5-8,10-11,13-14H2,1-4H3,(H2,20,21,23). The smallest absolute Gasteiger partial charge is 0.191 e. The van der Waals surface area contributed by atoms with E-state index in [9.17, 15) is 5.11 Å². The lowest BCUT2D eigenvalue weighted by atomic mass is 10.1. The number of piperidine rings is 1. The Bertz CT molecular complexity index is 574. The lowest BCUT2D eigenvalue weighted by molar-refractivity contribution is 0.0301. The van der Waals surface area contributed by atoms with Gasteiger partial charge in [-0.15, -0.1) is 0 Å². The van der Waals surface area contributed by atoms with Crippen LogP contribution in [0.5, 0.6) is 0 Å². The van der Waals surface area contributed by atoms with Crippen LogP contribution in [0.3, 0.4) is 0 Å². The Morgan fingerprint density at radius 2 is 2.26 bits per heavy atom. The first-order chi connectivity index (χ1) is 13.0. The van der Waals surface area contributed by atoms with Crippen LogP contribution in [0.15, 0.2) is 17.4 Å². The van der Waals surface area contributed by atoms with Crippen molar-refractivity contribution in [2.75, 3.05) is 44.3 Å². The van der Waals surface area contributed by atoms with Gasteiger partial charge >= 0.3 is 0 Å². The van der Waals surface area contributed by atoms with Gasteiger partial charge in [0.1, 0.15) is 0 Å². The van der Waals surface area contributed by atoms with Gasteiger partial charge < -0.3 is 25.4 Å². The second-order valence-corrected chi connectivity index (χ2v) is 7.61. The summed E-state index contributed by atoms with van der Waals surface area (Å²) in [5.41, 5.74) is 1.16. The highest BCUT2D eigenvalue weighted by Crippen LogP contribution is 2.18. The summed E-state index contributed by atoms with van der Waals surface area (Å²) in [5, 5.41) is 21.1. The van der Waals surface area contributed by atoms with Crippen molar-refractivity contribution >= 4 is 11.6 Å². The van der Waals surface area contributed by atoms with Gasteiger partial charge in [-0.2, -0.15) is 5.10 Å². The molecule has 0 radical (unpaired) electrons. The highest BCUT2D eigenvalue weighted by atomic mass is 16.5. The molecule has 1 aromatic rings. The summed E-state index contributed by atoms with van der Waals surface area (Å²) >= 11 is 0. The first-order valence-corrected chi connectivity index (χ1v) is 10.0. The van der Waals surface area contributed by atoms with Crippen molar-refractivity contribution in [1.82, 2.24) is 20.4 Å². The highest BCUT2D eigenvalue weighted by Gasteiger charge is 2.21. The quantitative estimate of drug-likeness (QED) is 0.437. The molecule has 1 fully saturated rings. The number of aliphatic hydroxyl groups excluding tert-OH is 1. The molecule has 2 atom stereocenters. The number of nitrogens with one attached hydrogen (secondary N) is 2. The molecular formula is C19H36N6O2. The third-order valence-corrected chi connectivity index (χ3v) is 4.38. The molecule has 154 valence electrons. The average Bonchev–Trinajstić information content (AvgIpc) is 3.06. The normalized spacial score (nSPS) is 19.4. The molecule has 0 saturated carbocycles. The minimum Gasteiger partial charge on any atom is -0.389 e. The van der Waals surface area contributed by atoms with Gasteiger partial charge in [-0.3, -0.25) is 9.67 Å². The number of rotatable bonds is 9. The van der Waals surface area contributed by atoms with Crippen molar-refractivity contribution in [2.24, 2.45) is 18.0 Å². The van der Waals surface area contributed by atoms with Crippen LogP contribution >= 0.6 is 0 Å². The van der Waals surface area contributed by atoms with E-state index in [1.165, 1.54) is 0 Å². The number of nitrogens with zero attached hydrogens (tertiary/aromatic N) is 4. The number of aryl methyl sites for hydroxylation is 1. The van der Waals surface area contributed by atoms with Crippen LogP contribution in [0.4, 0.5) is 5.69 Å². The van der Waals surface area contributed by atoms with E-state index in [0.29, 0.717) is 31.7 Å². The van der Waals surface area contributed by atoms with Crippen LogP contribution in [-0.4, -0.2) is 72.4 Å². The van der Waals surface area contributed by atoms with E-state index >= 15 is 0 Å². The zero-order valence-electron chi connectivity index (χ0n) is 17.2. The van der Waals surface area contributed by atoms with E-state index in [1.54, 1.807) is 0 Å². The fourth-order valence-electron chi connectivity index (χ4n) is 3.10. The second kappa shape index (κ2) is 11.1. The van der Waals surface area contributed by atoms with E-state index in [1.807, 2.05) is 24.9 Å². The molecule has 8 nitrogen and oxygen atoms in total. The number of aliphatic imine (C=N–C) groups is 1. The largest absolute Gasteiger partial charge is 0.389 e. The maximum absolute atomic E-state index is 10.1. The summed E-state index contributed by atoms with van der Waals surface area (Å²) in [6.07, 6.45) is 5.60. The van der Waals surface area contributed by atoms with Gasteiger partial charge in [-0.1, -0.05) is 13.8 Å². The predicted molar refractivity (Wildman–Crippen MR) is 109 cm³/mol. The monoisotopic (exact) mass is 380 g/mol. The van der Waals surface area contributed by atoms with Crippen LogP contribution in [0.1, 0.15) is 33.6 Å². The van der Waals surface area contributed by atoms with Crippen LogP contribution in [0, 0.1) is 5.92 Å². The van der Waals surface area contributed by atoms with Crippen LogP contribution in [0.2, 0.25) is 0 Å². The maximum atomic E-state index is 10.1. The molecular weight excluding hydrogens is 344 g/mol. The molecule has 2 rings (SSSR count). The van der Waals surface area contributed by atoms with Crippen molar-refractivity contribution in [3.8, 4) is 0 Å². The summed E-state index contributed by atoms with van der Waals surface area (Å²) < 4.78 is 7.32. The number of guanidine groups is 1. The molecule has 1 aliphatic rings. The van der Waals surface area contributed by atoms with Crippen molar-refractivity contribution in [1.29, 1.82) is 0 Å². The van der Waals surface area contributed by atoms with E-state index in [-0.39, 0.29) is 0 Å². The van der Waals surface area contributed by atoms with Gasteiger partial charge in [0.15, 0.2) is 5.96 Å². The first kappa shape index (κ1) is 21.5. The van der Waals surface area contributed by atoms with Crippen molar-refractivity contribution < 1.29 is 9.84 Å². The Labute approximate surface area is 163 Å². The molecule has 8 heteroatoms. The predicted octanol–water partition coefficient (Wildman–Crippen LogP) is 0.978. The summed E-state index contributed by atoms with van der Waals surface area (Å²) in [5.74, 6) is 1.21. The number of hydrogen-bond acceptors (Lipinski definition) is 5. The van der Waals surface area contributed by atoms with Gasteiger partial charge in [-0.05, 0) is 25.7 Å². The average molecular weight is 381 g/mol. The minimum absolute atomic E-state index is 0.311. The molecule has 2 heterocycles. The number of hydrogen-bond donors (Lipinski definition) is 3.